The van der Waals surface area contributed by atoms with Crippen LogP contribution in [0.5, 0.6) is 0 Å². The normalized spacial score (nSPS) is 11.8. The van der Waals surface area contributed by atoms with Gasteiger partial charge in [-0.05, 0) is 51.0 Å². The van der Waals surface area contributed by atoms with E-state index in [2.05, 4.69) is 15.4 Å². The van der Waals surface area contributed by atoms with Crippen molar-refractivity contribution in [1.82, 2.24) is 5.32 Å². The molecule has 2 rings (SSSR count). The Morgan fingerprint density at radius 3 is 1.96 bits per heavy atom. The summed E-state index contributed by atoms with van der Waals surface area (Å²) in [6, 6.07) is 3.80. The number of nitrogens with one attached hydrogen (secondary N) is 3. The molecule has 0 aliphatic carbocycles. The summed E-state index contributed by atoms with van der Waals surface area (Å²) in [6.45, 7) is 7.34. The average molecular weight is 347 g/mol. The van der Waals surface area contributed by atoms with Gasteiger partial charge in [0.05, 0.1) is 24.6 Å². The Kier molecular flexibility index (Phi) is 5.63. The number of benzene rings is 1. The molecule has 0 aromatic heterocycles. The maximum absolute atomic E-state index is 12.4. The second kappa shape index (κ2) is 7.69. The molecule has 1 aliphatic rings. The molecular formula is C17H21N3O5. The predicted octanol–water partition coefficient (Wildman–Crippen LogP) is 2.19. The van der Waals surface area contributed by atoms with E-state index in [1.165, 1.54) is 0 Å². The number of hydrogen-bond donors (Lipinski definition) is 3. The van der Waals surface area contributed by atoms with Gasteiger partial charge in [-0.1, -0.05) is 0 Å². The van der Waals surface area contributed by atoms with Crippen LogP contribution in [-0.4, -0.2) is 31.2 Å². The molecule has 8 heteroatoms. The van der Waals surface area contributed by atoms with E-state index >= 15 is 0 Å². The zero-order valence-electron chi connectivity index (χ0n) is 14.6. The Hall–Kier alpha value is -3.03. The lowest BCUT2D eigenvalue weighted by Gasteiger charge is -2.11. The van der Waals surface area contributed by atoms with Gasteiger partial charge in [-0.3, -0.25) is 10.1 Å². The number of imide groups is 1. The molecule has 134 valence electrons. The van der Waals surface area contributed by atoms with Gasteiger partial charge in [-0.25, -0.2) is 9.59 Å². The first-order valence-corrected chi connectivity index (χ1v) is 7.92. The summed E-state index contributed by atoms with van der Waals surface area (Å²) in [7, 11) is 0. The number of fused-ring (bicyclic) bond motifs is 1. The number of carbonyl (C=O) groups is 3. The highest BCUT2D eigenvalue weighted by molar-refractivity contribution is 6.21. The number of ether oxygens (including phenoxy) is 2. The Bertz CT molecular complexity index is 722. The van der Waals surface area contributed by atoms with Crippen molar-refractivity contribution in [2.45, 2.75) is 27.7 Å². The van der Waals surface area contributed by atoms with Crippen molar-refractivity contribution in [3.63, 3.8) is 0 Å². The molecule has 0 saturated heterocycles. The van der Waals surface area contributed by atoms with Crippen molar-refractivity contribution in [1.29, 1.82) is 0 Å². The van der Waals surface area contributed by atoms with Crippen molar-refractivity contribution in [3.8, 4) is 0 Å². The highest BCUT2D eigenvalue weighted by Gasteiger charge is 2.30. The summed E-state index contributed by atoms with van der Waals surface area (Å²) in [4.78, 5) is 36.1. The molecule has 0 spiro atoms. The Labute approximate surface area is 145 Å². The van der Waals surface area contributed by atoms with Crippen molar-refractivity contribution in [3.05, 3.63) is 34.7 Å². The van der Waals surface area contributed by atoms with Crippen LogP contribution in [0.2, 0.25) is 0 Å². The molecule has 1 aliphatic heterocycles. The van der Waals surface area contributed by atoms with Gasteiger partial charge < -0.3 is 20.1 Å². The summed E-state index contributed by atoms with van der Waals surface area (Å²) >= 11 is 0. The van der Waals surface area contributed by atoms with E-state index in [-0.39, 0.29) is 24.6 Å². The SMILES string of the molecule is CCOC(=O)NC(=O)C(C(=O)OCC)=C1Nc2cc(C)c(C)cc2N1. The zero-order chi connectivity index (χ0) is 18.6. The highest BCUT2D eigenvalue weighted by atomic mass is 16.5. The number of aryl methyl sites for hydroxylation is 2. The van der Waals surface area contributed by atoms with Crippen molar-refractivity contribution in [2.24, 2.45) is 0 Å². The Morgan fingerprint density at radius 1 is 0.960 bits per heavy atom. The van der Waals surface area contributed by atoms with E-state index in [4.69, 9.17) is 4.74 Å². The van der Waals surface area contributed by atoms with E-state index in [0.717, 1.165) is 22.5 Å². The summed E-state index contributed by atoms with van der Waals surface area (Å²) in [5.41, 5.74) is 3.24. The van der Waals surface area contributed by atoms with E-state index in [9.17, 15) is 14.4 Å². The van der Waals surface area contributed by atoms with Crippen LogP contribution < -0.4 is 16.0 Å². The monoisotopic (exact) mass is 347 g/mol. The molecular weight excluding hydrogens is 326 g/mol. The number of hydrogen-bond acceptors (Lipinski definition) is 7. The van der Waals surface area contributed by atoms with Crippen LogP contribution in [0.1, 0.15) is 25.0 Å². The minimum Gasteiger partial charge on any atom is -0.462 e. The number of anilines is 2. The van der Waals surface area contributed by atoms with Crippen LogP contribution in [0.25, 0.3) is 0 Å². The molecule has 0 atom stereocenters. The van der Waals surface area contributed by atoms with Gasteiger partial charge in [0, 0.05) is 0 Å². The topological polar surface area (TPSA) is 106 Å². The molecule has 0 bridgehead atoms. The van der Waals surface area contributed by atoms with E-state index in [0.29, 0.717) is 0 Å². The molecule has 25 heavy (non-hydrogen) atoms. The van der Waals surface area contributed by atoms with Gasteiger partial charge in [0.15, 0.2) is 5.57 Å². The summed E-state index contributed by atoms with van der Waals surface area (Å²) < 4.78 is 9.61. The van der Waals surface area contributed by atoms with Gasteiger partial charge in [0.25, 0.3) is 5.91 Å². The lowest BCUT2D eigenvalue weighted by Crippen LogP contribution is -2.36. The molecule has 0 fully saturated rings. The number of carbonyl (C=O) groups excluding carboxylic acids is 3. The third-order valence-electron chi connectivity index (χ3n) is 3.60. The van der Waals surface area contributed by atoms with Crippen LogP contribution in [0.4, 0.5) is 16.2 Å². The van der Waals surface area contributed by atoms with Gasteiger partial charge in [-0.15, -0.1) is 0 Å². The van der Waals surface area contributed by atoms with Crippen LogP contribution in [0.3, 0.4) is 0 Å². The minimum absolute atomic E-state index is 0.0907. The van der Waals surface area contributed by atoms with Gasteiger partial charge in [0.1, 0.15) is 5.82 Å². The van der Waals surface area contributed by atoms with E-state index < -0.39 is 18.0 Å². The van der Waals surface area contributed by atoms with Crippen LogP contribution in [0, 0.1) is 13.8 Å². The quantitative estimate of drug-likeness (QED) is 0.332. The fraction of sp³-hybridized carbons (Fsp3) is 0.353. The number of esters is 1. The standard InChI is InChI=1S/C17H21N3O5/c1-5-24-16(22)13(15(21)20-17(23)25-6-2)14-18-11-7-9(3)10(4)8-12(11)19-14/h7-8,18-19H,5-6H2,1-4H3,(H,20,21,23). The second-order valence-electron chi connectivity index (χ2n) is 5.38. The van der Waals surface area contributed by atoms with Gasteiger partial charge in [-0.2, -0.15) is 0 Å². The van der Waals surface area contributed by atoms with Crippen LogP contribution >= 0.6 is 0 Å². The largest absolute Gasteiger partial charge is 0.462 e. The summed E-state index contributed by atoms with van der Waals surface area (Å²) in [5, 5.41) is 7.97. The lowest BCUT2D eigenvalue weighted by atomic mass is 10.1. The second-order valence-corrected chi connectivity index (χ2v) is 5.38. The molecule has 0 radical (unpaired) electrons. The summed E-state index contributed by atoms with van der Waals surface area (Å²) in [6.07, 6.45) is -0.933. The smallest absolute Gasteiger partial charge is 0.414 e. The minimum atomic E-state index is -0.933. The number of amides is 2. The molecule has 8 nitrogen and oxygen atoms in total. The third kappa shape index (κ3) is 4.09. The van der Waals surface area contributed by atoms with Gasteiger partial charge in [0.2, 0.25) is 0 Å². The fourth-order valence-electron chi connectivity index (χ4n) is 2.28. The molecule has 1 heterocycles. The molecule has 2 amide bonds. The van der Waals surface area contributed by atoms with Gasteiger partial charge >= 0.3 is 12.1 Å². The first-order valence-electron chi connectivity index (χ1n) is 7.92. The van der Waals surface area contributed by atoms with Crippen molar-refractivity contribution < 1.29 is 23.9 Å². The zero-order valence-corrected chi connectivity index (χ0v) is 14.6. The van der Waals surface area contributed by atoms with Crippen molar-refractivity contribution in [2.75, 3.05) is 23.8 Å². The van der Waals surface area contributed by atoms with Crippen molar-refractivity contribution >= 4 is 29.3 Å². The van der Waals surface area contributed by atoms with Crippen LogP contribution in [-0.2, 0) is 19.1 Å². The molecule has 1 aromatic rings. The lowest BCUT2D eigenvalue weighted by molar-refractivity contribution is -0.140. The molecule has 1 aromatic carbocycles. The van der Waals surface area contributed by atoms with Crippen LogP contribution in [0.15, 0.2) is 23.5 Å². The number of rotatable bonds is 4. The fourth-order valence-corrected chi connectivity index (χ4v) is 2.28. The van der Waals surface area contributed by atoms with E-state index in [1.807, 2.05) is 31.3 Å². The maximum Gasteiger partial charge on any atom is 0.414 e. The highest BCUT2D eigenvalue weighted by Crippen LogP contribution is 2.34. The summed E-state index contributed by atoms with van der Waals surface area (Å²) in [5.74, 6) is -1.60. The average Bonchev–Trinajstić information content (AvgIpc) is 2.90. The Morgan fingerprint density at radius 2 is 1.48 bits per heavy atom. The first-order chi connectivity index (χ1) is 11.9. The number of alkyl carbamates (subject to hydrolysis) is 1. The first kappa shape index (κ1) is 18.3. The molecule has 0 unspecified atom stereocenters. The Balaban J connectivity index is 2.35. The third-order valence-corrected chi connectivity index (χ3v) is 3.60. The molecule has 0 saturated carbocycles. The maximum atomic E-state index is 12.4. The molecule has 3 N–H and O–H groups in total. The predicted molar refractivity (Wildman–Crippen MR) is 92.0 cm³/mol. The van der Waals surface area contributed by atoms with E-state index in [1.54, 1.807) is 13.8 Å².